The van der Waals surface area contributed by atoms with Crippen LogP contribution in [0.4, 0.5) is 0 Å². The van der Waals surface area contributed by atoms with E-state index in [9.17, 15) is 13.2 Å². The summed E-state index contributed by atoms with van der Waals surface area (Å²) in [6.45, 7) is 0.867. The summed E-state index contributed by atoms with van der Waals surface area (Å²) in [5, 5.41) is -0.730. The molecule has 0 radical (unpaired) electrons. The first-order valence-electron chi connectivity index (χ1n) is 6.36. The lowest BCUT2D eigenvalue weighted by molar-refractivity contribution is -0.127. The van der Waals surface area contributed by atoms with Crippen LogP contribution in [-0.4, -0.2) is 37.6 Å². The van der Waals surface area contributed by atoms with Gasteiger partial charge in [0.2, 0.25) is 15.0 Å². The monoisotopic (exact) mass is 291 g/mol. The molecule has 1 saturated heterocycles. The van der Waals surface area contributed by atoms with E-state index in [1.165, 1.54) is 18.4 Å². The van der Waals surface area contributed by atoms with E-state index in [0.29, 0.717) is 6.54 Å². The largest absolute Gasteiger partial charge is 0.341 e. The fraction of sp³-hybridized carbons (Fsp3) is 0.750. The van der Waals surface area contributed by atoms with Gasteiger partial charge in [0, 0.05) is 30.2 Å². The van der Waals surface area contributed by atoms with E-state index in [1.54, 1.807) is 4.90 Å². The van der Waals surface area contributed by atoms with Crippen LogP contribution in [0, 0.1) is 0 Å². The highest BCUT2D eigenvalue weighted by atomic mass is 35.7. The number of hydrogen-bond acceptors (Lipinski definition) is 3. The third-order valence-electron chi connectivity index (χ3n) is 3.67. The van der Waals surface area contributed by atoms with Crippen molar-refractivity contribution in [2.45, 2.75) is 43.8 Å². The highest BCUT2D eigenvalue weighted by Gasteiger charge is 2.36. The van der Waals surface area contributed by atoms with Crippen molar-refractivity contribution in [2.24, 2.45) is 0 Å². The zero-order valence-corrected chi connectivity index (χ0v) is 11.8. The Balaban J connectivity index is 1.87. The van der Waals surface area contributed by atoms with Crippen LogP contribution in [0.1, 0.15) is 38.5 Å². The fourth-order valence-electron chi connectivity index (χ4n) is 2.55. The molecule has 0 bridgehead atoms. The van der Waals surface area contributed by atoms with Crippen molar-refractivity contribution in [1.29, 1.82) is 0 Å². The van der Waals surface area contributed by atoms with Gasteiger partial charge in [0.25, 0.3) is 0 Å². The molecule has 1 aliphatic heterocycles. The van der Waals surface area contributed by atoms with Crippen molar-refractivity contribution in [3.05, 3.63) is 11.6 Å². The van der Waals surface area contributed by atoms with Gasteiger partial charge in [0.05, 0.1) is 0 Å². The number of hydrogen-bond donors (Lipinski definition) is 0. The topological polar surface area (TPSA) is 54.5 Å². The molecule has 2 rings (SSSR count). The minimum Gasteiger partial charge on any atom is -0.341 e. The molecule has 0 aromatic rings. The van der Waals surface area contributed by atoms with Crippen LogP contribution in [-0.2, 0) is 13.8 Å². The van der Waals surface area contributed by atoms with E-state index < -0.39 is 14.3 Å². The summed E-state index contributed by atoms with van der Waals surface area (Å²) in [7, 11) is 1.68. The van der Waals surface area contributed by atoms with Crippen LogP contribution < -0.4 is 0 Å². The summed E-state index contributed by atoms with van der Waals surface area (Å²) in [6.07, 6.45) is 7.85. The van der Waals surface area contributed by atoms with E-state index in [2.05, 4.69) is 6.08 Å². The first kappa shape index (κ1) is 13.9. The molecule has 0 saturated carbocycles. The third kappa shape index (κ3) is 3.48. The molecule has 2 aliphatic rings. The maximum Gasteiger partial charge on any atom is 0.237 e. The molecular formula is C12H18ClNO3S. The SMILES string of the molecule is O=C1CC(S(=O)(=O)Cl)CN1CCC1=CCCCC1. The number of allylic oxidation sites excluding steroid dienone is 1. The van der Waals surface area contributed by atoms with Gasteiger partial charge in [0.15, 0.2) is 0 Å². The van der Waals surface area contributed by atoms with E-state index in [-0.39, 0.29) is 18.9 Å². The number of carbonyl (C=O) groups is 1. The number of carbonyl (C=O) groups excluding carboxylic acids is 1. The number of amides is 1. The molecule has 0 spiro atoms. The molecule has 0 N–H and O–H groups in total. The van der Waals surface area contributed by atoms with Gasteiger partial charge in [0.1, 0.15) is 5.25 Å². The molecule has 1 aliphatic carbocycles. The number of rotatable bonds is 4. The lowest BCUT2D eigenvalue weighted by Crippen LogP contribution is -2.28. The number of likely N-dealkylation sites (tertiary alicyclic amines) is 1. The number of halogens is 1. The Bertz CT molecular complexity index is 458. The molecule has 18 heavy (non-hydrogen) atoms. The molecule has 1 amide bonds. The molecular weight excluding hydrogens is 274 g/mol. The quantitative estimate of drug-likeness (QED) is 0.588. The summed E-state index contributed by atoms with van der Waals surface area (Å²) < 4.78 is 22.4. The van der Waals surface area contributed by atoms with Gasteiger partial charge in [-0.05, 0) is 32.1 Å². The number of nitrogens with zero attached hydrogens (tertiary/aromatic N) is 1. The average Bonchev–Trinajstić information content (AvgIpc) is 2.69. The van der Waals surface area contributed by atoms with Gasteiger partial charge >= 0.3 is 0 Å². The van der Waals surface area contributed by atoms with E-state index >= 15 is 0 Å². The maximum absolute atomic E-state index is 11.7. The van der Waals surface area contributed by atoms with Crippen LogP contribution in [0.25, 0.3) is 0 Å². The molecule has 1 fully saturated rings. The maximum atomic E-state index is 11.7. The summed E-state index contributed by atoms with van der Waals surface area (Å²) in [6, 6.07) is 0. The zero-order valence-electron chi connectivity index (χ0n) is 10.3. The Morgan fingerprint density at radius 2 is 2.17 bits per heavy atom. The van der Waals surface area contributed by atoms with Crippen molar-refractivity contribution in [2.75, 3.05) is 13.1 Å². The van der Waals surface area contributed by atoms with Crippen LogP contribution in [0.5, 0.6) is 0 Å². The van der Waals surface area contributed by atoms with Crippen molar-refractivity contribution in [1.82, 2.24) is 4.90 Å². The highest BCUT2D eigenvalue weighted by molar-refractivity contribution is 8.14. The lowest BCUT2D eigenvalue weighted by atomic mass is 9.97. The molecule has 4 nitrogen and oxygen atoms in total. The van der Waals surface area contributed by atoms with Gasteiger partial charge in [-0.2, -0.15) is 0 Å². The Hall–Kier alpha value is -0.550. The van der Waals surface area contributed by atoms with Gasteiger partial charge in [-0.1, -0.05) is 11.6 Å². The van der Waals surface area contributed by atoms with Gasteiger partial charge in [-0.15, -0.1) is 0 Å². The molecule has 102 valence electrons. The van der Waals surface area contributed by atoms with Gasteiger partial charge in [-0.25, -0.2) is 8.42 Å². The molecule has 0 aromatic carbocycles. The second-order valence-electron chi connectivity index (χ2n) is 5.00. The standard InChI is InChI=1S/C12H18ClNO3S/c13-18(16,17)11-8-12(15)14(9-11)7-6-10-4-2-1-3-5-10/h4,11H,1-3,5-9H2. The van der Waals surface area contributed by atoms with Crippen molar-refractivity contribution < 1.29 is 13.2 Å². The van der Waals surface area contributed by atoms with Gasteiger partial charge in [-0.3, -0.25) is 4.79 Å². The fourth-order valence-corrected chi connectivity index (χ4v) is 3.61. The Morgan fingerprint density at radius 3 is 2.72 bits per heavy atom. The molecule has 1 unspecified atom stereocenters. The van der Waals surface area contributed by atoms with E-state index in [1.807, 2.05) is 0 Å². The highest BCUT2D eigenvalue weighted by Crippen LogP contribution is 2.24. The van der Waals surface area contributed by atoms with Crippen molar-refractivity contribution in [3.8, 4) is 0 Å². The second-order valence-corrected chi connectivity index (χ2v) is 7.91. The van der Waals surface area contributed by atoms with Gasteiger partial charge < -0.3 is 4.90 Å². The molecule has 1 atom stereocenters. The Morgan fingerprint density at radius 1 is 1.39 bits per heavy atom. The summed E-state index contributed by atoms with van der Waals surface area (Å²) in [4.78, 5) is 13.3. The lowest BCUT2D eigenvalue weighted by Gasteiger charge is -2.18. The average molecular weight is 292 g/mol. The molecule has 6 heteroatoms. The van der Waals surface area contributed by atoms with Crippen molar-refractivity contribution >= 4 is 25.6 Å². The molecule has 1 heterocycles. The second kappa shape index (κ2) is 5.61. The third-order valence-corrected chi connectivity index (χ3v) is 5.53. The van der Waals surface area contributed by atoms with Crippen LogP contribution in [0.2, 0.25) is 0 Å². The summed E-state index contributed by atoms with van der Waals surface area (Å²) in [5.41, 5.74) is 1.39. The predicted molar refractivity (Wildman–Crippen MR) is 70.9 cm³/mol. The Kier molecular flexibility index (Phi) is 4.33. The first-order chi connectivity index (χ1) is 8.47. The predicted octanol–water partition coefficient (Wildman–Crippen LogP) is 2.05. The Labute approximate surface area is 112 Å². The van der Waals surface area contributed by atoms with E-state index in [0.717, 1.165) is 19.3 Å². The summed E-state index contributed by atoms with van der Waals surface area (Å²) >= 11 is 0. The minimum atomic E-state index is -3.62. The normalized spacial score (nSPS) is 25.4. The molecule has 0 aromatic heterocycles. The minimum absolute atomic E-state index is 0.0326. The van der Waals surface area contributed by atoms with Crippen molar-refractivity contribution in [3.63, 3.8) is 0 Å². The van der Waals surface area contributed by atoms with E-state index in [4.69, 9.17) is 10.7 Å². The zero-order chi connectivity index (χ0) is 13.2. The van der Waals surface area contributed by atoms with Crippen LogP contribution in [0.15, 0.2) is 11.6 Å². The van der Waals surface area contributed by atoms with Crippen LogP contribution in [0.3, 0.4) is 0 Å². The first-order valence-corrected chi connectivity index (χ1v) is 8.73. The van der Waals surface area contributed by atoms with Crippen LogP contribution >= 0.6 is 10.7 Å². The summed E-state index contributed by atoms with van der Waals surface area (Å²) in [5.74, 6) is -0.0966. The smallest absolute Gasteiger partial charge is 0.237 e.